The van der Waals surface area contributed by atoms with E-state index in [9.17, 15) is 17.6 Å². The maximum absolute atomic E-state index is 13.7. The Bertz CT molecular complexity index is 1070. The molecule has 0 spiro atoms. The van der Waals surface area contributed by atoms with E-state index in [1.807, 2.05) is 0 Å². The second-order valence-corrected chi connectivity index (χ2v) is 8.17. The Morgan fingerprint density at radius 1 is 0.889 bits per heavy atom. The zero-order valence-electron chi connectivity index (χ0n) is 13.8. The van der Waals surface area contributed by atoms with E-state index < -0.39 is 15.8 Å². The summed E-state index contributed by atoms with van der Waals surface area (Å²) in [5.74, 6) is -1.05. The van der Waals surface area contributed by atoms with Gasteiger partial charge in [-0.3, -0.25) is 9.52 Å². The second kappa shape index (κ2) is 7.89. The molecule has 3 aromatic rings. The Morgan fingerprint density at radius 3 is 2.15 bits per heavy atom. The maximum atomic E-state index is 13.7. The first-order valence-corrected chi connectivity index (χ1v) is 10.1. The summed E-state index contributed by atoms with van der Waals surface area (Å²) in [6.45, 7) is 0. The van der Waals surface area contributed by atoms with Crippen molar-refractivity contribution >= 4 is 43.2 Å². The minimum atomic E-state index is -3.97. The van der Waals surface area contributed by atoms with Gasteiger partial charge in [0, 0.05) is 15.7 Å². The molecule has 5 nitrogen and oxygen atoms in total. The molecule has 0 atom stereocenters. The highest BCUT2D eigenvalue weighted by molar-refractivity contribution is 9.10. The van der Waals surface area contributed by atoms with Gasteiger partial charge in [-0.2, -0.15) is 0 Å². The summed E-state index contributed by atoms with van der Waals surface area (Å²) in [6, 6.07) is 17.9. The highest BCUT2D eigenvalue weighted by atomic mass is 79.9. The van der Waals surface area contributed by atoms with Gasteiger partial charge in [0.15, 0.2) is 0 Å². The van der Waals surface area contributed by atoms with Gasteiger partial charge in [0.25, 0.3) is 15.9 Å². The fraction of sp³-hybridized carbons (Fsp3) is 0. The standard InChI is InChI=1S/C19H14BrFN2O3S/c20-14-7-9-15(10-8-14)22-19(24)13-5-11-16(12-6-13)27(25,26)23-18-4-2-1-3-17(18)21/h1-12,23H,(H,22,24). The average Bonchev–Trinajstić information content (AvgIpc) is 2.65. The molecule has 0 aliphatic heterocycles. The molecule has 0 aliphatic rings. The van der Waals surface area contributed by atoms with Gasteiger partial charge >= 0.3 is 0 Å². The van der Waals surface area contributed by atoms with Gasteiger partial charge in [-0.25, -0.2) is 12.8 Å². The number of carbonyl (C=O) groups excluding carboxylic acids is 1. The number of halogens is 2. The van der Waals surface area contributed by atoms with Gasteiger partial charge in [0.2, 0.25) is 0 Å². The highest BCUT2D eigenvalue weighted by Gasteiger charge is 2.17. The van der Waals surface area contributed by atoms with Crippen LogP contribution in [-0.4, -0.2) is 14.3 Å². The van der Waals surface area contributed by atoms with Gasteiger partial charge < -0.3 is 5.32 Å². The van der Waals surface area contributed by atoms with Crippen LogP contribution in [0.15, 0.2) is 82.2 Å². The zero-order valence-corrected chi connectivity index (χ0v) is 16.2. The van der Waals surface area contributed by atoms with E-state index in [-0.39, 0.29) is 16.5 Å². The van der Waals surface area contributed by atoms with Crippen molar-refractivity contribution in [3.05, 3.63) is 88.6 Å². The van der Waals surface area contributed by atoms with Gasteiger partial charge in [-0.05, 0) is 60.7 Å². The van der Waals surface area contributed by atoms with Crippen LogP contribution in [0.5, 0.6) is 0 Å². The van der Waals surface area contributed by atoms with E-state index >= 15 is 0 Å². The Labute approximate surface area is 164 Å². The van der Waals surface area contributed by atoms with Crippen LogP contribution in [0.2, 0.25) is 0 Å². The number of amides is 1. The van der Waals surface area contributed by atoms with E-state index in [4.69, 9.17) is 0 Å². The van der Waals surface area contributed by atoms with Crippen LogP contribution in [0.4, 0.5) is 15.8 Å². The molecule has 0 bridgehead atoms. The van der Waals surface area contributed by atoms with Crippen LogP contribution in [0.3, 0.4) is 0 Å². The van der Waals surface area contributed by atoms with Gasteiger partial charge in [-0.15, -0.1) is 0 Å². The molecule has 0 aliphatic carbocycles. The third kappa shape index (κ3) is 4.72. The summed E-state index contributed by atoms with van der Waals surface area (Å²) >= 11 is 3.31. The number of nitrogens with one attached hydrogen (secondary N) is 2. The Balaban J connectivity index is 1.75. The molecule has 0 unspecified atom stereocenters. The maximum Gasteiger partial charge on any atom is 0.261 e. The molecular weight excluding hydrogens is 435 g/mol. The molecule has 3 aromatic carbocycles. The normalized spacial score (nSPS) is 11.0. The van der Waals surface area contributed by atoms with Crippen molar-refractivity contribution in [3.8, 4) is 0 Å². The van der Waals surface area contributed by atoms with Gasteiger partial charge in [-0.1, -0.05) is 28.1 Å². The topological polar surface area (TPSA) is 75.3 Å². The van der Waals surface area contributed by atoms with E-state index in [1.165, 1.54) is 42.5 Å². The molecule has 138 valence electrons. The zero-order chi connectivity index (χ0) is 19.4. The molecule has 3 rings (SSSR count). The van der Waals surface area contributed by atoms with Crippen molar-refractivity contribution in [2.45, 2.75) is 4.90 Å². The average molecular weight is 449 g/mol. The predicted molar refractivity (Wildman–Crippen MR) is 106 cm³/mol. The Hall–Kier alpha value is -2.71. The number of benzene rings is 3. The first-order chi connectivity index (χ1) is 12.8. The van der Waals surface area contributed by atoms with Crippen molar-refractivity contribution in [1.29, 1.82) is 0 Å². The summed E-state index contributed by atoms with van der Waals surface area (Å²) in [6.07, 6.45) is 0. The lowest BCUT2D eigenvalue weighted by Gasteiger charge is -2.10. The van der Waals surface area contributed by atoms with Gasteiger partial charge in [0.05, 0.1) is 10.6 Å². The lowest BCUT2D eigenvalue weighted by atomic mass is 10.2. The summed E-state index contributed by atoms with van der Waals surface area (Å²) in [4.78, 5) is 12.2. The molecule has 0 fully saturated rings. The summed E-state index contributed by atoms with van der Waals surface area (Å²) in [5, 5.41) is 2.72. The molecule has 0 aromatic heterocycles. The van der Waals surface area contributed by atoms with Crippen molar-refractivity contribution in [3.63, 3.8) is 0 Å². The number of para-hydroxylation sites is 1. The van der Waals surface area contributed by atoms with E-state index in [2.05, 4.69) is 26.0 Å². The molecular formula is C19H14BrFN2O3S. The number of sulfonamides is 1. The quantitative estimate of drug-likeness (QED) is 0.596. The molecule has 8 heteroatoms. The third-order valence-corrected chi connectivity index (χ3v) is 5.56. The first-order valence-electron chi connectivity index (χ1n) is 7.79. The molecule has 1 amide bonds. The monoisotopic (exact) mass is 448 g/mol. The lowest BCUT2D eigenvalue weighted by molar-refractivity contribution is 0.102. The predicted octanol–water partition coefficient (Wildman–Crippen LogP) is 4.64. The van der Waals surface area contributed by atoms with Crippen LogP contribution in [0, 0.1) is 5.82 Å². The molecule has 27 heavy (non-hydrogen) atoms. The van der Waals surface area contributed by atoms with Crippen LogP contribution in [-0.2, 0) is 10.0 Å². The van der Waals surface area contributed by atoms with Crippen molar-refractivity contribution in [2.75, 3.05) is 10.0 Å². The molecule has 0 saturated carbocycles. The molecule has 2 N–H and O–H groups in total. The van der Waals surface area contributed by atoms with Crippen molar-refractivity contribution < 1.29 is 17.6 Å². The summed E-state index contributed by atoms with van der Waals surface area (Å²) in [5.41, 5.74) is 0.762. The SMILES string of the molecule is O=C(Nc1ccc(Br)cc1)c1ccc(S(=O)(=O)Nc2ccccc2F)cc1. The lowest BCUT2D eigenvalue weighted by Crippen LogP contribution is -2.15. The van der Waals surface area contributed by atoms with Crippen LogP contribution >= 0.6 is 15.9 Å². The number of rotatable bonds is 5. The molecule has 0 radical (unpaired) electrons. The number of hydrogen-bond donors (Lipinski definition) is 2. The second-order valence-electron chi connectivity index (χ2n) is 5.57. The Kier molecular flexibility index (Phi) is 5.57. The minimum absolute atomic E-state index is 0.0778. The highest BCUT2D eigenvalue weighted by Crippen LogP contribution is 2.20. The third-order valence-electron chi connectivity index (χ3n) is 3.65. The number of anilines is 2. The van der Waals surface area contributed by atoms with E-state index in [0.717, 1.165) is 10.5 Å². The fourth-order valence-electron chi connectivity index (χ4n) is 2.27. The van der Waals surface area contributed by atoms with Crippen molar-refractivity contribution in [2.24, 2.45) is 0 Å². The Morgan fingerprint density at radius 2 is 1.52 bits per heavy atom. The minimum Gasteiger partial charge on any atom is -0.322 e. The fourth-order valence-corrected chi connectivity index (χ4v) is 3.60. The van der Waals surface area contributed by atoms with Crippen molar-refractivity contribution in [1.82, 2.24) is 0 Å². The summed E-state index contributed by atoms with van der Waals surface area (Å²) in [7, 11) is -3.97. The number of hydrogen-bond acceptors (Lipinski definition) is 3. The number of carbonyl (C=O) groups is 1. The molecule has 0 saturated heterocycles. The summed E-state index contributed by atoms with van der Waals surface area (Å²) < 4.78 is 41.5. The van der Waals surface area contributed by atoms with Crippen LogP contribution < -0.4 is 10.0 Å². The molecule has 0 heterocycles. The van der Waals surface area contributed by atoms with Gasteiger partial charge in [0.1, 0.15) is 5.82 Å². The largest absolute Gasteiger partial charge is 0.322 e. The smallest absolute Gasteiger partial charge is 0.261 e. The first kappa shape index (κ1) is 19.1. The van der Waals surface area contributed by atoms with E-state index in [1.54, 1.807) is 24.3 Å². The van der Waals surface area contributed by atoms with Crippen LogP contribution in [0.1, 0.15) is 10.4 Å². The van der Waals surface area contributed by atoms with E-state index in [0.29, 0.717) is 11.3 Å². The van der Waals surface area contributed by atoms with Crippen LogP contribution in [0.25, 0.3) is 0 Å².